The number of ether oxygens (including phenoxy) is 3. The Morgan fingerprint density at radius 1 is 1.04 bits per heavy atom. The molecule has 12 heteroatoms. The first-order valence-corrected chi connectivity index (χ1v) is 18.9. The molecule has 0 aliphatic carbocycles. The number of nitrogens with one attached hydrogen (secondary N) is 2. The summed E-state index contributed by atoms with van der Waals surface area (Å²) in [4.78, 5) is 44.0. The van der Waals surface area contributed by atoms with Crippen molar-refractivity contribution in [3.63, 3.8) is 0 Å². The number of nitriles is 1. The van der Waals surface area contributed by atoms with Gasteiger partial charge in [0.25, 0.3) is 0 Å². The number of phenolic OH excluding ortho intramolecular Hbond substituents is 1. The van der Waals surface area contributed by atoms with Crippen LogP contribution in [-0.4, -0.2) is 77.2 Å². The smallest absolute Gasteiger partial charge is 0.311 e. The molecule has 54 heavy (non-hydrogen) atoms. The van der Waals surface area contributed by atoms with Crippen LogP contribution in [0.15, 0.2) is 36.4 Å². The number of esters is 1. The highest BCUT2D eigenvalue weighted by molar-refractivity contribution is 5.87. The summed E-state index contributed by atoms with van der Waals surface area (Å²) in [7, 11) is 2.02. The van der Waals surface area contributed by atoms with Crippen LogP contribution in [0.1, 0.15) is 89.7 Å². The van der Waals surface area contributed by atoms with Crippen molar-refractivity contribution in [2.45, 2.75) is 109 Å². The zero-order valence-corrected chi connectivity index (χ0v) is 31.8. The first-order chi connectivity index (χ1) is 25.9. The molecule has 0 saturated carbocycles. The van der Waals surface area contributed by atoms with Crippen molar-refractivity contribution in [3.8, 4) is 29.1 Å². The second-order valence-corrected chi connectivity index (χ2v) is 15.1. The van der Waals surface area contributed by atoms with Gasteiger partial charge in [-0.05, 0) is 82.7 Å². The van der Waals surface area contributed by atoms with Gasteiger partial charge in [-0.1, -0.05) is 43.3 Å². The van der Waals surface area contributed by atoms with E-state index in [-0.39, 0.29) is 61.4 Å². The van der Waals surface area contributed by atoms with Crippen molar-refractivity contribution < 1.29 is 33.7 Å². The zero-order valence-electron chi connectivity index (χ0n) is 31.8. The molecule has 4 heterocycles. The molecule has 3 aromatic rings. The molecule has 3 aromatic carbocycles. The molecule has 284 valence electrons. The number of phenols is 1. The van der Waals surface area contributed by atoms with Crippen LogP contribution < -0.4 is 24.8 Å². The predicted molar refractivity (Wildman–Crippen MR) is 200 cm³/mol. The van der Waals surface area contributed by atoms with E-state index in [1.165, 1.54) is 0 Å². The lowest BCUT2D eigenvalue weighted by atomic mass is 9.71. The number of carbonyl (C=O) groups is 3. The lowest BCUT2D eigenvalue weighted by molar-refractivity contribution is -0.134. The van der Waals surface area contributed by atoms with Crippen LogP contribution in [0.2, 0.25) is 0 Å². The monoisotopic (exact) mass is 735 g/mol. The molecule has 1 saturated heterocycles. The van der Waals surface area contributed by atoms with Crippen LogP contribution >= 0.6 is 0 Å². The van der Waals surface area contributed by atoms with E-state index >= 15 is 0 Å². The summed E-state index contributed by atoms with van der Waals surface area (Å²) >= 11 is 0. The van der Waals surface area contributed by atoms with Crippen molar-refractivity contribution >= 4 is 17.8 Å². The third-order valence-corrected chi connectivity index (χ3v) is 11.8. The maximum absolute atomic E-state index is 13.7. The number of rotatable bonds is 10. The van der Waals surface area contributed by atoms with Gasteiger partial charge >= 0.3 is 5.97 Å². The van der Waals surface area contributed by atoms with E-state index in [4.69, 9.17) is 14.2 Å². The summed E-state index contributed by atoms with van der Waals surface area (Å²) in [6.07, 6.45) is 2.67. The van der Waals surface area contributed by atoms with Gasteiger partial charge in [-0.2, -0.15) is 5.26 Å². The SMILES string of the molecule is CCCC(=O)Oc1c(C)c(C)cc2c1[C@@H]1C3Cc4c(O)c(C)c5c(c4[C@H](CNC(=O)C(C)NC(=O)CCc4ccccc4)N3[C@@H](C#N)[C@H](C2)N1C)OCO5. The summed E-state index contributed by atoms with van der Waals surface area (Å²) in [5, 5.41) is 28.7. The number of aryl methyl sites for hydroxylation is 2. The number of carbonyl (C=O) groups excluding carboxylic acids is 3. The van der Waals surface area contributed by atoms with Gasteiger partial charge in [0.15, 0.2) is 11.5 Å². The molecule has 2 bridgehead atoms. The molecule has 7 rings (SSSR count). The van der Waals surface area contributed by atoms with E-state index in [0.717, 1.165) is 27.8 Å². The first-order valence-electron chi connectivity index (χ1n) is 18.9. The minimum atomic E-state index is -0.819. The van der Waals surface area contributed by atoms with Crippen molar-refractivity contribution in [1.29, 1.82) is 5.26 Å². The molecule has 2 amide bonds. The largest absolute Gasteiger partial charge is 0.507 e. The summed E-state index contributed by atoms with van der Waals surface area (Å²) < 4.78 is 18.1. The average molecular weight is 736 g/mol. The van der Waals surface area contributed by atoms with Crippen molar-refractivity contribution in [3.05, 3.63) is 80.9 Å². The fourth-order valence-corrected chi connectivity index (χ4v) is 9.02. The van der Waals surface area contributed by atoms with Gasteiger partial charge in [0, 0.05) is 53.7 Å². The predicted octanol–water partition coefficient (Wildman–Crippen LogP) is 4.78. The number of hydrogen-bond acceptors (Lipinski definition) is 10. The number of benzene rings is 3. The van der Waals surface area contributed by atoms with Gasteiger partial charge < -0.3 is 30.0 Å². The maximum Gasteiger partial charge on any atom is 0.311 e. The summed E-state index contributed by atoms with van der Waals surface area (Å²) in [5.41, 5.74) is 6.82. The molecule has 1 fully saturated rings. The number of piperazine rings is 1. The van der Waals surface area contributed by atoms with Gasteiger partial charge in [0.05, 0.1) is 18.2 Å². The third kappa shape index (κ3) is 6.43. The summed E-state index contributed by atoms with van der Waals surface area (Å²) in [6, 6.07) is 11.6. The lowest BCUT2D eigenvalue weighted by Gasteiger charge is -2.60. The molecule has 0 aromatic heterocycles. The van der Waals surface area contributed by atoms with Gasteiger partial charge in [-0.15, -0.1) is 0 Å². The van der Waals surface area contributed by atoms with Crippen LogP contribution in [-0.2, 0) is 33.6 Å². The van der Waals surface area contributed by atoms with Crippen LogP contribution in [0, 0.1) is 32.1 Å². The van der Waals surface area contributed by atoms with E-state index in [1.54, 1.807) is 13.8 Å². The van der Waals surface area contributed by atoms with E-state index in [1.807, 2.05) is 58.2 Å². The molecule has 2 unspecified atom stereocenters. The first kappa shape index (κ1) is 37.2. The fourth-order valence-electron chi connectivity index (χ4n) is 9.02. The third-order valence-electron chi connectivity index (χ3n) is 11.8. The Kier molecular flexibility index (Phi) is 10.3. The number of nitrogens with zero attached hydrogens (tertiary/aromatic N) is 3. The van der Waals surface area contributed by atoms with Gasteiger partial charge in [-0.25, -0.2) is 0 Å². The number of amides is 2. The van der Waals surface area contributed by atoms with Gasteiger partial charge in [-0.3, -0.25) is 24.2 Å². The zero-order chi connectivity index (χ0) is 38.4. The Balaban J connectivity index is 1.26. The number of aromatic hydroxyl groups is 1. The highest BCUT2D eigenvalue weighted by Gasteiger charge is 2.56. The van der Waals surface area contributed by atoms with Crippen LogP contribution in [0.4, 0.5) is 0 Å². The Bertz CT molecular complexity index is 2030. The second kappa shape index (κ2) is 15.0. The molecule has 4 aliphatic heterocycles. The number of hydrogen-bond donors (Lipinski definition) is 3. The Morgan fingerprint density at radius 3 is 2.50 bits per heavy atom. The van der Waals surface area contributed by atoms with Crippen LogP contribution in [0.3, 0.4) is 0 Å². The van der Waals surface area contributed by atoms with Crippen molar-refractivity contribution in [2.75, 3.05) is 20.4 Å². The summed E-state index contributed by atoms with van der Waals surface area (Å²) in [5.74, 6) is 0.704. The topological polar surface area (TPSA) is 153 Å². The minimum absolute atomic E-state index is 0.0191. The molecule has 0 spiro atoms. The normalized spacial score (nSPS) is 22.9. The Hall–Kier alpha value is -5.12. The van der Waals surface area contributed by atoms with Gasteiger partial charge in [0.2, 0.25) is 18.6 Å². The molecule has 4 aliphatic rings. The molecular weight excluding hydrogens is 686 g/mol. The van der Waals surface area contributed by atoms with E-state index < -0.39 is 18.1 Å². The van der Waals surface area contributed by atoms with Crippen LogP contribution in [0.25, 0.3) is 0 Å². The summed E-state index contributed by atoms with van der Waals surface area (Å²) in [6.45, 7) is 9.43. The second-order valence-electron chi connectivity index (χ2n) is 15.1. The van der Waals surface area contributed by atoms with E-state index in [0.29, 0.717) is 66.0 Å². The molecule has 3 N–H and O–H groups in total. The highest BCUT2D eigenvalue weighted by Crippen LogP contribution is 2.57. The van der Waals surface area contributed by atoms with E-state index in [9.17, 15) is 24.8 Å². The van der Waals surface area contributed by atoms with Gasteiger partial charge in [0.1, 0.15) is 23.6 Å². The number of likely N-dealkylation sites (N-methyl/N-ethyl adjacent to an activating group) is 1. The molecular formula is C42H49N5O7. The molecule has 12 nitrogen and oxygen atoms in total. The maximum atomic E-state index is 13.7. The fraction of sp³-hybridized carbons (Fsp3) is 0.476. The van der Waals surface area contributed by atoms with Crippen molar-refractivity contribution in [1.82, 2.24) is 20.4 Å². The quantitative estimate of drug-likeness (QED) is 0.196. The van der Waals surface area contributed by atoms with Crippen LogP contribution in [0.5, 0.6) is 23.0 Å². The molecule has 6 atom stereocenters. The molecule has 0 radical (unpaired) electrons. The average Bonchev–Trinajstić information content (AvgIpc) is 3.65. The standard InChI is InChI=1S/C42H49N5O7/c1-7-11-34(49)54-39-23(3)22(2)16-27-17-29-31(19-43)47-30(37(35(27)39)46(29)6)18-28-36(41-40(52-21-53-41)24(4)38(28)50)32(47)20-44-42(51)25(5)45-33(48)15-14-26-12-9-8-10-13-26/h8-10,12-13,16,25,29-32,37,50H,7,11,14-15,17-18,20-21H2,1-6H3,(H,44,51)(H,45,48)/t25?,29-,30?,31-,32-,37-/m0/s1. The Labute approximate surface area is 316 Å². The number of fused-ring (bicyclic) bond motifs is 9. The van der Waals surface area contributed by atoms with E-state index in [2.05, 4.69) is 32.6 Å². The highest BCUT2D eigenvalue weighted by atomic mass is 16.7. The lowest BCUT2D eigenvalue weighted by Crippen LogP contribution is -2.69. The minimum Gasteiger partial charge on any atom is -0.507 e. The Morgan fingerprint density at radius 2 is 1.78 bits per heavy atom. The van der Waals surface area contributed by atoms with Crippen molar-refractivity contribution in [2.24, 2.45) is 0 Å².